The maximum atomic E-state index is 10.5. The normalized spacial score (nSPS) is 15.5. The van der Waals surface area contributed by atoms with E-state index in [0.717, 1.165) is 18.8 Å². The summed E-state index contributed by atoms with van der Waals surface area (Å²) in [6.07, 6.45) is 0. The predicted octanol–water partition coefficient (Wildman–Crippen LogP) is 1.67. The fourth-order valence-corrected chi connectivity index (χ4v) is 2.16. The van der Waals surface area contributed by atoms with E-state index in [0.29, 0.717) is 23.9 Å². The highest BCUT2D eigenvalue weighted by Crippen LogP contribution is 2.29. The van der Waals surface area contributed by atoms with Gasteiger partial charge >= 0.3 is 5.97 Å². The number of ether oxygens (including phenoxy) is 1. The van der Waals surface area contributed by atoms with Crippen LogP contribution in [-0.2, 0) is 9.53 Å². The fourth-order valence-electron chi connectivity index (χ4n) is 1.86. The van der Waals surface area contributed by atoms with E-state index in [9.17, 15) is 4.79 Å². The Bertz CT molecular complexity index is 433. The van der Waals surface area contributed by atoms with E-state index in [1.807, 2.05) is 12.1 Å². The Labute approximate surface area is 110 Å². The average Bonchev–Trinajstić information content (AvgIpc) is 2.37. The number of carboxylic acids is 1. The zero-order valence-electron chi connectivity index (χ0n) is 9.86. The SMILES string of the molecule is O=C(O)CNc1ccc(N2CCOCC2)c(Cl)c1. The van der Waals surface area contributed by atoms with Gasteiger partial charge in [0.05, 0.1) is 23.9 Å². The largest absolute Gasteiger partial charge is 0.480 e. The van der Waals surface area contributed by atoms with E-state index in [-0.39, 0.29) is 6.54 Å². The molecule has 0 aromatic heterocycles. The third kappa shape index (κ3) is 3.27. The smallest absolute Gasteiger partial charge is 0.322 e. The molecule has 0 amide bonds. The van der Waals surface area contributed by atoms with Gasteiger partial charge in [-0.1, -0.05) is 11.6 Å². The lowest BCUT2D eigenvalue weighted by Crippen LogP contribution is -2.36. The van der Waals surface area contributed by atoms with E-state index in [1.165, 1.54) is 0 Å². The molecule has 2 rings (SSSR count). The summed E-state index contributed by atoms with van der Waals surface area (Å²) >= 11 is 6.21. The second-order valence-electron chi connectivity index (χ2n) is 4.01. The fraction of sp³-hybridized carbons (Fsp3) is 0.417. The summed E-state index contributed by atoms with van der Waals surface area (Å²) in [5.74, 6) is -0.900. The standard InChI is InChI=1S/C12H15ClN2O3/c13-10-7-9(14-8-12(16)17)1-2-11(10)15-3-5-18-6-4-15/h1-2,7,14H,3-6,8H2,(H,16,17). The molecule has 0 radical (unpaired) electrons. The van der Waals surface area contributed by atoms with Crippen LogP contribution in [0.15, 0.2) is 18.2 Å². The monoisotopic (exact) mass is 270 g/mol. The van der Waals surface area contributed by atoms with Crippen molar-refractivity contribution >= 4 is 28.9 Å². The van der Waals surface area contributed by atoms with Gasteiger partial charge in [-0.25, -0.2) is 0 Å². The molecule has 1 saturated heterocycles. The van der Waals surface area contributed by atoms with Crippen molar-refractivity contribution in [2.45, 2.75) is 0 Å². The first-order chi connectivity index (χ1) is 8.66. The molecular weight excluding hydrogens is 256 g/mol. The Hall–Kier alpha value is -1.46. The van der Waals surface area contributed by atoms with Crippen LogP contribution in [0.1, 0.15) is 0 Å². The van der Waals surface area contributed by atoms with Crippen LogP contribution in [0.4, 0.5) is 11.4 Å². The quantitative estimate of drug-likeness (QED) is 0.872. The number of carboxylic acid groups (broad SMARTS) is 1. The zero-order valence-corrected chi connectivity index (χ0v) is 10.6. The molecule has 0 saturated carbocycles. The number of halogens is 1. The lowest BCUT2D eigenvalue weighted by molar-refractivity contribution is -0.134. The maximum Gasteiger partial charge on any atom is 0.322 e. The number of carbonyl (C=O) groups is 1. The topological polar surface area (TPSA) is 61.8 Å². The molecule has 1 aliphatic heterocycles. The Morgan fingerprint density at radius 2 is 2.17 bits per heavy atom. The first-order valence-electron chi connectivity index (χ1n) is 5.75. The third-order valence-electron chi connectivity index (χ3n) is 2.74. The summed E-state index contributed by atoms with van der Waals surface area (Å²) in [5, 5.41) is 12.0. The molecule has 5 nitrogen and oxygen atoms in total. The second kappa shape index (κ2) is 5.93. The van der Waals surface area contributed by atoms with Crippen molar-refractivity contribution in [2.75, 3.05) is 43.1 Å². The van der Waals surface area contributed by atoms with Gasteiger partial charge in [-0.15, -0.1) is 0 Å². The highest BCUT2D eigenvalue weighted by molar-refractivity contribution is 6.33. The summed E-state index contributed by atoms with van der Waals surface area (Å²) in [6.45, 7) is 2.93. The van der Waals surface area contributed by atoms with Crippen LogP contribution in [0.3, 0.4) is 0 Å². The molecule has 0 bridgehead atoms. The predicted molar refractivity (Wildman–Crippen MR) is 70.6 cm³/mol. The molecule has 0 atom stereocenters. The Morgan fingerprint density at radius 1 is 1.44 bits per heavy atom. The molecule has 0 aliphatic carbocycles. The molecule has 1 fully saturated rings. The molecule has 1 aromatic rings. The molecular formula is C12H15ClN2O3. The number of nitrogens with zero attached hydrogens (tertiary/aromatic N) is 1. The van der Waals surface area contributed by atoms with Crippen LogP contribution >= 0.6 is 11.6 Å². The number of aliphatic carboxylic acids is 1. The third-order valence-corrected chi connectivity index (χ3v) is 3.05. The number of morpholine rings is 1. The number of benzene rings is 1. The van der Waals surface area contributed by atoms with Crippen molar-refractivity contribution in [1.29, 1.82) is 0 Å². The minimum absolute atomic E-state index is 0.118. The van der Waals surface area contributed by atoms with E-state index in [2.05, 4.69) is 10.2 Å². The number of hydrogen-bond donors (Lipinski definition) is 2. The van der Waals surface area contributed by atoms with Crippen molar-refractivity contribution in [1.82, 2.24) is 0 Å². The van der Waals surface area contributed by atoms with Gasteiger partial charge in [0, 0.05) is 18.8 Å². The Morgan fingerprint density at radius 3 is 2.78 bits per heavy atom. The molecule has 0 unspecified atom stereocenters. The number of anilines is 2. The summed E-state index contributed by atoms with van der Waals surface area (Å²) in [5.41, 5.74) is 1.67. The number of rotatable bonds is 4. The first-order valence-corrected chi connectivity index (χ1v) is 6.12. The van der Waals surface area contributed by atoms with Gasteiger partial charge in [0.1, 0.15) is 6.54 Å². The van der Waals surface area contributed by atoms with Crippen LogP contribution in [0.25, 0.3) is 0 Å². The summed E-state index contributed by atoms with van der Waals surface area (Å²) < 4.78 is 5.29. The van der Waals surface area contributed by atoms with Crippen molar-refractivity contribution in [3.8, 4) is 0 Å². The van der Waals surface area contributed by atoms with Crippen LogP contribution in [-0.4, -0.2) is 43.9 Å². The van der Waals surface area contributed by atoms with E-state index >= 15 is 0 Å². The Balaban J connectivity index is 2.06. The Kier molecular flexibility index (Phi) is 4.28. The molecule has 6 heteroatoms. The first kappa shape index (κ1) is 13.0. The van der Waals surface area contributed by atoms with Crippen LogP contribution < -0.4 is 10.2 Å². The van der Waals surface area contributed by atoms with E-state index < -0.39 is 5.97 Å². The molecule has 0 spiro atoms. The number of hydrogen-bond acceptors (Lipinski definition) is 4. The van der Waals surface area contributed by atoms with Gasteiger partial charge in [-0.3, -0.25) is 4.79 Å². The molecule has 98 valence electrons. The van der Waals surface area contributed by atoms with Gasteiger partial charge < -0.3 is 20.1 Å². The van der Waals surface area contributed by atoms with E-state index in [4.69, 9.17) is 21.4 Å². The van der Waals surface area contributed by atoms with Gasteiger partial charge in [-0.05, 0) is 18.2 Å². The second-order valence-corrected chi connectivity index (χ2v) is 4.42. The summed E-state index contributed by atoms with van der Waals surface area (Å²) in [4.78, 5) is 12.6. The van der Waals surface area contributed by atoms with Crippen molar-refractivity contribution < 1.29 is 14.6 Å². The van der Waals surface area contributed by atoms with Crippen molar-refractivity contribution in [2.24, 2.45) is 0 Å². The maximum absolute atomic E-state index is 10.5. The zero-order chi connectivity index (χ0) is 13.0. The molecule has 1 aromatic carbocycles. The lowest BCUT2D eigenvalue weighted by Gasteiger charge is -2.29. The summed E-state index contributed by atoms with van der Waals surface area (Å²) in [6, 6.07) is 5.48. The average molecular weight is 271 g/mol. The van der Waals surface area contributed by atoms with Crippen LogP contribution in [0.2, 0.25) is 5.02 Å². The molecule has 18 heavy (non-hydrogen) atoms. The molecule has 1 aliphatic rings. The van der Waals surface area contributed by atoms with Crippen molar-refractivity contribution in [3.63, 3.8) is 0 Å². The highest BCUT2D eigenvalue weighted by atomic mass is 35.5. The highest BCUT2D eigenvalue weighted by Gasteiger charge is 2.14. The van der Waals surface area contributed by atoms with Crippen LogP contribution in [0, 0.1) is 0 Å². The molecule has 1 heterocycles. The minimum atomic E-state index is -0.900. The van der Waals surface area contributed by atoms with Crippen molar-refractivity contribution in [3.05, 3.63) is 23.2 Å². The lowest BCUT2D eigenvalue weighted by atomic mass is 10.2. The van der Waals surface area contributed by atoms with E-state index in [1.54, 1.807) is 6.07 Å². The van der Waals surface area contributed by atoms with Gasteiger partial charge in [0.2, 0.25) is 0 Å². The van der Waals surface area contributed by atoms with Gasteiger partial charge in [0.25, 0.3) is 0 Å². The molecule has 2 N–H and O–H groups in total. The van der Waals surface area contributed by atoms with Crippen LogP contribution in [0.5, 0.6) is 0 Å². The number of nitrogens with one attached hydrogen (secondary N) is 1. The summed E-state index contributed by atoms with van der Waals surface area (Å²) in [7, 11) is 0. The van der Waals surface area contributed by atoms with Gasteiger partial charge in [0.15, 0.2) is 0 Å². The van der Waals surface area contributed by atoms with Gasteiger partial charge in [-0.2, -0.15) is 0 Å². The minimum Gasteiger partial charge on any atom is -0.480 e.